The fourth-order valence-electron chi connectivity index (χ4n) is 2.35. The van der Waals surface area contributed by atoms with Gasteiger partial charge in [-0.15, -0.1) is 0 Å². The summed E-state index contributed by atoms with van der Waals surface area (Å²) in [4.78, 5) is 13.7. The first-order valence-electron chi connectivity index (χ1n) is 6.70. The van der Waals surface area contributed by atoms with Gasteiger partial charge in [0.2, 0.25) is 5.91 Å². The molecule has 2 rings (SSSR count). The molecule has 1 N–H and O–H groups in total. The van der Waals surface area contributed by atoms with Crippen LogP contribution in [-0.2, 0) is 4.79 Å². The highest BCUT2D eigenvalue weighted by Crippen LogP contribution is 2.20. The van der Waals surface area contributed by atoms with Gasteiger partial charge in [-0.2, -0.15) is 5.26 Å². The van der Waals surface area contributed by atoms with Gasteiger partial charge >= 0.3 is 0 Å². The smallest absolute Gasteiger partial charge is 0.246 e. The Hall–Kier alpha value is -2.12. The van der Waals surface area contributed by atoms with Crippen LogP contribution < -0.4 is 0 Å². The summed E-state index contributed by atoms with van der Waals surface area (Å²) in [6.45, 7) is 2.83. The number of carbonyl (C=O) groups excluding carboxylic acids is 1. The van der Waals surface area contributed by atoms with E-state index >= 15 is 0 Å². The zero-order valence-electron chi connectivity index (χ0n) is 11.5. The Balaban J connectivity index is 1.99. The summed E-state index contributed by atoms with van der Waals surface area (Å²) in [5.41, 5.74) is 0.692. The van der Waals surface area contributed by atoms with Crippen LogP contribution in [0.1, 0.15) is 30.9 Å². The largest absolute Gasteiger partial charge is 0.388 e. The fraction of sp³-hybridized carbons (Fsp3) is 0.375. The maximum absolute atomic E-state index is 12.1. The minimum Gasteiger partial charge on any atom is -0.388 e. The quantitative estimate of drug-likeness (QED) is 0.835. The van der Waals surface area contributed by atoms with E-state index in [4.69, 9.17) is 5.26 Å². The van der Waals surface area contributed by atoms with Gasteiger partial charge in [0.05, 0.1) is 17.2 Å². The highest BCUT2D eigenvalue weighted by Gasteiger charge is 2.29. The van der Waals surface area contributed by atoms with Crippen LogP contribution in [0.5, 0.6) is 0 Å². The fourth-order valence-corrected chi connectivity index (χ4v) is 2.35. The highest BCUT2D eigenvalue weighted by molar-refractivity contribution is 5.91. The molecule has 4 heteroatoms. The molecule has 4 nitrogen and oxygen atoms in total. The number of benzene rings is 1. The lowest BCUT2D eigenvalue weighted by atomic mass is 9.95. The lowest BCUT2D eigenvalue weighted by molar-refractivity contribution is -0.132. The number of β-amino-alcohol motifs (C(OH)–C–C–N with tert-alkyl or cyclic N) is 1. The van der Waals surface area contributed by atoms with E-state index in [9.17, 15) is 9.90 Å². The van der Waals surface area contributed by atoms with Crippen molar-refractivity contribution in [2.75, 3.05) is 13.1 Å². The van der Waals surface area contributed by atoms with Crippen molar-refractivity contribution >= 4 is 12.0 Å². The maximum Gasteiger partial charge on any atom is 0.246 e. The first-order chi connectivity index (χ1) is 9.50. The second-order valence-electron chi connectivity index (χ2n) is 5.43. The number of nitrogens with zero attached hydrogens (tertiary/aromatic N) is 2. The number of amides is 1. The van der Waals surface area contributed by atoms with Crippen LogP contribution >= 0.6 is 0 Å². The Morgan fingerprint density at radius 1 is 1.45 bits per heavy atom. The Morgan fingerprint density at radius 2 is 2.15 bits per heavy atom. The molecule has 20 heavy (non-hydrogen) atoms. The summed E-state index contributed by atoms with van der Waals surface area (Å²) in [7, 11) is 0. The molecule has 1 saturated heterocycles. The van der Waals surface area contributed by atoms with Gasteiger partial charge in [-0.3, -0.25) is 4.79 Å². The van der Waals surface area contributed by atoms with Gasteiger partial charge in [0.25, 0.3) is 0 Å². The number of aliphatic hydroxyl groups is 1. The molecule has 0 bridgehead atoms. The number of carbonyl (C=O) groups is 1. The van der Waals surface area contributed by atoms with Crippen LogP contribution in [0, 0.1) is 11.3 Å². The van der Waals surface area contributed by atoms with Crippen LogP contribution in [0.3, 0.4) is 0 Å². The van der Waals surface area contributed by atoms with Crippen molar-refractivity contribution < 1.29 is 9.90 Å². The van der Waals surface area contributed by atoms with Gasteiger partial charge in [0.1, 0.15) is 0 Å². The van der Waals surface area contributed by atoms with Crippen LogP contribution in [-0.4, -0.2) is 34.6 Å². The van der Waals surface area contributed by atoms with E-state index < -0.39 is 5.60 Å². The number of rotatable bonds is 2. The average Bonchev–Trinajstić information content (AvgIpc) is 2.44. The second-order valence-corrected chi connectivity index (χ2v) is 5.43. The Labute approximate surface area is 118 Å². The third-order valence-electron chi connectivity index (χ3n) is 3.44. The molecular formula is C16H18N2O2. The SMILES string of the molecule is CC1(O)CCCN(C(=O)/C=C/c2ccc(C#N)cc2)C1. The molecule has 1 heterocycles. The lowest BCUT2D eigenvalue weighted by Crippen LogP contribution is -2.48. The minimum atomic E-state index is -0.782. The second kappa shape index (κ2) is 5.89. The maximum atomic E-state index is 12.1. The third kappa shape index (κ3) is 3.69. The van der Waals surface area contributed by atoms with E-state index in [-0.39, 0.29) is 5.91 Å². The topological polar surface area (TPSA) is 64.3 Å². The number of likely N-dealkylation sites (tertiary alicyclic amines) is 1. The predicted molar refractivity (Wildman–Crippen MR) is 76.6 cm³/mol. The Kier molecular flexibility index (Phi) is 4.21. The summed E-state index contributed by atoms with van der Waals surface area (Å²) in [6, 6.07) is 9.09. The van der Waals surface area contributed by atoms with E-state index in [1.165, 1.54) is 6.08 Å². The molecule has 0 aromatic heterocycles. The molecule has 0 aliphatic carbocycles. The Bertz CT molecular complexity index is 553. The molecule has 1 aromatic rings. The first-order valence-corrected chi connectivity index (χ1v) is 6.70. The van der Waals surface area contributed by atoms with Crippen molar-refractivity contribution in [2.45, 2.75) is 25.4 Å². The van der Waals surface area contributed by atoms with Gasteiger partial charge in [0.15, 0.2) is 0 Å². The summed E-state index contributed by atoms with van der Waals surface area (Å²) < 4.78 is 0. The molecule has 0 spiro atoms. The van der Waals surface area contributed by atoms with Gasteiger partial charge in [-0.05, 0) is 43.5 Å². The highest BCUT2D eigenvalue weighted by atomic mass is 16.3. The number of nitriles is 1. The third-order valence-corrected chi connectivity index (χ3v) is 3.44. The average molecular weight is 270 g/mol. The molecule has 1 aliphatic heterocycles. The molecule has 1 unspecified atom stereocenters. The summed E-state index contributed by atoms with van der Waals surface area (Å²) in [5, 5.41) is 18.7. The molecule has 1 aromatic carbocycles. The first kappa shape index (κ1) is 14.3. The standard InChI is InChI=1S/C16H18N2O2/c1-16(20)9-2-10-18(12-16)15(19)8-7-13-3-5-14(11-17)6-4-13/h3-8,20H,2,9-10,12H2,1H3/b8-7+. The molecular weight excluding hydrogens is 252 g/mol. The molecule has 104 valence electrons. The van der Waals surface area contributed by atoms with Crippen molar-refractivity contribution in [1.29, 1.82) is 5.26 Å². The molecule has 1 amide bonds. The van der Waals surface area contributed by atoms with Crippen molar-refractivity contribution in [2.24, 2.45) is 0 Å². The van der Waals surface area contributed by atoms with Crippen molar-refractivity contribution in [3.8, 4) is 6.07 Å². The number of hydrogen-bond donors (Lipinski definition) is 1. The van der Waals surface area contributed by atoms with Crippen LogP contribution in [0.25, 0.3) is 6.08 Å². The van der Waals surface area contributed by atoms with E-state index in [1.54, 1.807) is 42.2 Å². The van der Waals surface area contributed by atoms with Gasteiger partial charge in [-0.25, -0.2) is 0 Å². The molecule has 0 radical (unpaired) electrons. The number of hydrogen-bond acceptors (Lipinski definition) is 3. The lowest BCUT2D eigenvalue weighted by Gasteiger charge is -2.36. The minimum absolute atomic E-state index is 0.0886. The Morgan fingerprint density at radius 3 is 2.75 bits per heavy atom. The van der Waals surface area contributed by atoms with Crippen molar-refractivity contribution in [3.63, 3.8) is 0 Å². The summed E-state index contributed by atoms with van der Waals surface area (Å²) in [6.07, 6.45) is 4.80. The normalized spacial score (nSPS) is 22.8. The van der Waals surface area contributed by atoms with E-state index in [0.29, 0.717) is 18.7 Å². The van der Waals surface area contributed by atoms with Crippen LogP contribution in [0.4, 0.5) is 0 Å². The zero-order chi connectivity index (χ0) is 14.6. The molecule has 1 aliphatic rings. The molecule has 1 fully saturated rings. The van der Waals surface area contributed by atoms with Crippen LogP contribution in [0.15, 0.2) is 30.3 Å². The van der Waals surface area contributed by atoms with E-state index in [1.807, 2.05) is 0 Å². The monoisotopic (exact) mass is 270 g/mol. The van der Waals surface area contributed by atoms with Gasteiger partial charge in [0, 0.05) is 19.2 Å². The van der Waals surface area contributed by atoms with Gasteiger partial charge < -0.3 is 10.0 Å². The predicted octanol–water partition coefficient (Wildman–Crippen LogP) is 1.94. The van der Waals surface area contributed by atoms with E-state index in [0.717, 1.165) is 18.4 Å². The van der Waals surface area contributed by atoms with E-state index in [2.05, 4.69) is 6.07 Å². The zero-order valence-corrected chi connectivity index (χ0v) is 11.5. The summed E-state index contributed by atoms with van der Waals surface area (Å²) in [5.74, 6) is -0.0886. The number of piperidine rings is 1. The molecule has 0 saturated carbocycles. The van der Waals surface area contributed by atoms with Crippen LogP contribution in [0.2, 0.25) is 0 Å². The van der Waals surface area contributed by atoms with Crippen molar-refractivity contribution in [3.05, 3.63) is 41.5 Å². The summed E-state index contributed by atoms with van der Waals surface area (Å²) >= 11 is 0. The molecule has 1 atom stereocenters. The van der Waals surface area contributed by atoms with Gasteiger partial charge in [-0.1, -0.05) is 12.1 Å². The van der Waals surface area contributed by atoms with Crippen molar-refractivity contribution in [1.82, 2.24) is 4.90 Å².